The molecular weight excluding hydrogens is 263 g/mol. The van der Waals surface area contributed by atoms with Gasteiger partial charge >= 0.3 is 0 Å². The third-order valence-electron chi connectivity index (χ3n) is 2.20. The molecule has 0 spiro atoms. The van der Waals surface area contributed by atoms with Gasteiger partial charge in [-0.25, -0.2) is 4.98 Å². The summed E-state index contributed by atoms with van der Waals surface area (Å²) in [4.78, 5) is 17.5. The molecule has 0 saturated carbocycles. The Morgan fingerprint density at radius 2 is 2.18 bits per heavy atom. The monoisotopic (exact) mass is 276 g/mol. The second kappa shape index (κ2) is 6.79. The van der Waals surface area contributed by atoms with Crippen LogP contribution in [0.3, 0.4) is 0 Å². The van der Waals surface area contributed by atoms with Crippen molar-refractivity contribution in [3.63, 3.8) is 0 Å². The molecule has 1 heterocycles. The molecule has 1 amide bonds. The summed E-state index contributed by atoms with van der Waals surface area (Å²) in [6, 6.07) is 1.44. The number of hydrogen-bond donors (Lipinski definition) is 1. The average molecular weight is 277 g/mol. The number of rotatable bonds is 5. The highest BCUT2D eigenvalue weighted by Gasteiger charge is 2.18. The van der Waals surface area contributed by atoms with E-state index < -0.39 is 0 Å². The van der Waals surface area contributed by atoms with E-state index in [1.54, 1.807) is 0 Å². The molecule has 0 aliphatic rings. The number of aliphatic hydroxyl groups excluding tert-OH is 1. The lowest BCUT2D eigenvalue weighted by atomic mass is 10.2. The van der Waals surface area contributed by atoms with Gasteiger partial charge < -0.3 is 10.0 Å². The van der Waals surface area contributed by atoms with Crippen molar-refractivity contribution in [3.05, 3.63) is 28.0 Å². The highest BCUT2D eigenvalue weighted by Crippen LogP contribution is 2.19. The van der Waals surface area contributed by atoms with E-state index in [0.29, 0.717) is 12.1 Å². The Balaban J connectivity index is 2.95. The number of aliphatic hydroxyl groups is 1. The van der Waals surface area contributed by atoms with Crippen molar-refractivity contribution in [3.8, 4) is 0 Å². The molecule has 1 aromatic rings. The lowest BCUT2D eigenvalue weighted by Gasteiger charge is -2.21. The standard InChI is InChI=1S/C11H14Cl2N2O2/c1-2-3-15(4-5-16)11(17)8-6-10(13)14-7-9(8)12/h6-7,16H,2-5H2,1H3. The van der Waals surface area contributed by atoms with E-state index in [2.05, 4.69) is 4.98 Å². The molecule has 0 radical (unpaired) electrons. The van der Waals surface area contributed by atoms with Crippen molar-refractivity contribution in [1.82, 2.24) is 9.88 Å². The number of nitrogens with zero attached hydrogens (tertiary/aromatic N) is 2. The van der Waals surface area contributed by atoms with E-state index in [9.17, 15) is 4.79 Å². The van der Waals surface area contributed by atoms with Gasteiger partial charge in [0.1, 0.15) is 5.15 Å². The van der Waals surface area contributed by atoms with Gasteiger partial charge in [-0.1, -0.05) is 30.1 Å². The first-order chi connectivity index (χ1) is 8.10. The minimum atomic E-state index is -0.241. The summed E-state index contributed by atoms with van der Waals surface area (Å²) in [6.45, 7) is 2.72. The second-order valence-corrected chi connectivity index (χ2v) is 4.30. The number of amides is 1. The molecule has 6 heteroatoms. The lowest BCUT2D eigenvalue weighted by Crippen LogP contribution is -2.34. The van der Waals surface area contributed by atoms with Crippen molar-refractivity contribution < 1.29 is 9.90 Å². The number of halogens is 2. The van der Waals surface area contributed by atoms with Crippen LogP contribution in [-0.4, -0.2) is 40.6 Å². The van der Waals surface area contributed by atoms with Gasteiger partial charge in [-0.2, -0.15) is 0 Å². The fraction of sp³-hybridized carbons (Fsp3) is 0.455. The average Bonchev–Trinajstić information content (AvgIpc) is 2.31. The molecular formula is C11H14Cl2N2O2. The second-order valence-electron chi connectivity index (χ2n) is 3.50. The van der Waals surface area contributed by atoms with Crippen LogP contribution in [0.4, 0.5) is 0 Å². The van der Waals surface area contributed by atoms with Crippen LogP contribution < -0.4 is 0 Å². The molecule has 0 unspecified atom stereocenters. The number of aromatic nitrogens is 1. The molecule has 0 fully saturated rings. The minimum absolute atomic E-state index is 0.0812. The van der Waals surface area contributed by atoms with E-state index in [-0.39, 0.29) is 29.2 Å². The molecule has 0 atom stereocenters. The van der Waals surface area contributed by atoms with Crippen LogP contribution in [0.1, 0.15) is 23.7 Å². The maximum atomic E-state index is 12.1. The van der Waals surface area contributed by atoms with E-state index >= 15 is 0 Å². The van der Waals surface area contributed by atoms with Gasteiger partial charge in [-0.3, -0.25) is 4.79 Å². The number of carbonyl (C=O) groups excluding carboxylic acids is 1. The molecule has 4 nitrogen and oxygen atoms in total. The molecule has 1 rings (SSSR count). The van der Waals surface area contributed by atoms with Crippen LogP contribution in [0.15, 0.2) is 12.3 Å². The quantitative estimate of drug-likeness (QED) is 0.840. The zero-order valence-corrected chi connectivity index (χ0v) is 11.0. The highest BCUT2D eigenvalue weighted by atomic mass is 35.5. The molecule has 0 aliphatic carbocycles. The van der Waals surface area contributed by atoms with E-state index in [0.717, 1.165) is 6.42 Å². The largest absolute Gasteiger partial charge is 0.395 e. The van der Waals surface area contributed by atoms with Crippen LogP contribution in [0.25, 0.3) is 0 Å². The summed E-state index contributed by atoms with van der Waals surface area (Å²) in [5.74, 6) is -0.241. The Kier molecular flexibility index (Phi) is 5.68. The third kappa shape index (κ3) is 3.84. The summed E-state index contributed by atoms with van der Waals surface area (Å²) >= 11 is 11.6. The Morgan fingerprint density at radius 1 is 1.47 bits per heavy atom. The fourth-order valence-electron chi connectivity index (χ4n) is 1.45. The van der Waals surface area contributed by atoms with Gasteiger partial charge in [0.2, 0.25) is 0 Å². The highest BCUT2D eigenvalue weighted by molar-refractivity contribution is 6.35. The summed E-state index contributed by atoms with van der Waals surface area (Å²) in [5.41, 5.74) is 0.313. The van der Waals surface area contributed by atoms with Crippen LogP contribution >= 0.6 is 23.2 Å². The Bertz CT molecular complexity index is 393. The first kappa shape index (κ1) is 14.2. The normalized spacial score (nSPS) is 10.4. The molecule has 0 aromatic carbocycles. The van der Waals surface area contributed by atoms with Crippen LogP contribution in [-0.2, 0) is 0 Å². The zero-order valence-electron chi connectivity index (χ0n) is 9.49. The molecule has 94 valence electrons. The summed E-state index contributed by atoms with van der Waals surface area (Å²) in [5, 5.41) is 9.40. The van der Waals surface area contributed by atoms with E-state index in [4.69, 9.17) is 28.3 Å². The predicted molar refractivity (Wildman–Crippen MR) is 67.5 cm³/mol. The molecule has 0 aliphatic heterocycles. The van der Waals surface area contributed by atoms with Gasteiger partial charge in [0.05, 0.1) is 17.2 Å². The maximum absolute atomic E-state index is 12.1. The van der Waals surface area contributed by atoms with Crippen LogP contribution in [0.5, 0.6) is 0 Å². The molecule has 0 saturated heterocycles. The van der Waals surface area contributed by atoms with E-state index in [1.807, 2.05) is 6.92 Å². The van der Waals surface area contributed by atoms with Gasteiger partial charge in [0.25, 0.3) is 5.91 Å². The summed E-state index contributed by atoms with van der Waals surface area (Å²) < 4.78 is 0. The van der Waals surface area contributed by atoms with Crippen LogP contribution in [0, 0.1) is 0 Å². The predicted octanol–water partition coefficient (Wildman–Crippen LogP) is 2.23. The van der Waals surface area contributed by atoms with Gasteiger partial charge in [-0.15, -0.1) is 0 Å². The van der Waals surface area contributed by atoms with Crippen molar-refractivity contribution in [1.29, 1.82) is 0 Å². The number of pyridine rings is 1. The SMILES string of the molecule is CCCN(CCO)C(=O)c1cc(Cl)ncc1Cl. The Morgan fingerprint density at radius 3 is 2.76 bits per heavy atom. The first-order valence-corrected chi connectivity index (χ1v) is 6.07. The molecule has 0 bridgehead atoms. The van der Waals surface area contributed by atoms with E-state index in [1.165, 1.54) is 17.2 Å². The van der Waals surface area contributed by atoms with Crippen molar-refractivity contribution in [2.45, 2.75) is 13.3 Å². The maximum Gasteiger partial charge on any atom is 0.255 e. The smallest absolute Gasteiger partial charge is 0.255 e. The number of hydrogen-bond acceptors (Lipinski definition) is 3. The third-order valence-corrected chi connectivity index (χ3v) is 2.71. The summed E-state index contributed by atoms with van der Waals surface area (Å²) in [7, 11) is 0. The molecule has 1 aromatic heterocycles. The summed E-state index contributed by atoms with van der Waals surface area (Å²) in [6.07, 6.45) is 2.16. The van der Waals surface area contributed by atoms with Gasteiger partial charge in [0, 0.05) is 19.3 Å². The van der Waals surface area contributed by atoms with Crippen molar-refractivity contribution in [2.75, 3.05) is 19.7 Å². The van der Waals surface area contributed by atoms with Gasteiger partial charge in [-0.05, 0) is 12.5 Å². The fourth-order valence-corrected chi connectivity index (χ4v) is 1.80. The van der Waals surface area contributed by atoms with Crippen molar-refractivity contribution >= 4 is 29.1 Å². The Labute approximate surface area is 110 Å². The Hall–Kier alpha value is -0.840. The lowest BCUT2D eigenvalue weighted by molar-refractivity contribution is 0.0722. The topological polar surface area (TPSA) is 53.4 Å². The molecule has 17 heavy (non-hydrogen) atoms. The minimum Gasteiger partial charge on any atom is -0.395 e. The van der Waals surface area contributed by atoms with Crippen LogP contribution in [0.2, 0.25) is 10.2 Å². The first-order valence-electron chi connectivity index (χ1n) is 5.31. The number of carbonyl (C=O) groups is 1. The van der Waals surface area contributed by atoms with Crippen molar-refractivity contribution in [2.24, 2.45) is 0 Å². The zero-order chi connectivity index (χ0) is 12.8. The van der Waals surface area contributed by atoms with Gasteiger partial charge in [0.15, 0.2) is 0 Å². The molecule has 1 N–H and O–H groups in total.